The molecule has 6 nitrogen and oxygen atoms in total. The minimum atomic E-state index is -0.250. The second-order valence-electron chi connectivity index (χ2n) is 5.98. The molecule has 0 bridgehead atoms. The molecular weight excluding hydrogens is 321 g/mol. The molecule has 0 saturated carbocycles. The Morgan fingerprint density at radius 2 is 2.00 bits per heavy atom. The summed E-state index contributed by atoms with van der Waals surface area (Å²) in [6, 6.07) is 6.32. The van der Waals surface area contributed by atoms with Gasteiger partial charge in [0, 0.05) is 19.5 Å². The molecule has 0 aliphatic carbocycles. The highest BCUT2D eigenvalue weighted by molar-refractivity contribution is 5.78. The first kappa shape index (κ1) is 17.1. The number of aryl methyl sites for hydroxylation is 3. The number of carbonyl (C=O) groups excluding carboxylic acids is 1. The fraction of sp³-hybridized carbons (Fsp3) is 0.389. The molecule has 0 aliphatic rings. The molecule has 25 heavy (non-hydrogen) atoms. The summed E-state index contributed by atoms with van der Waals surface area (Å²) in [6.45, 7) is 5.83. The summed E-state index contributed by atoms with van der Waals surface area (Å²) < 4.78 is 16.6. The first-order valence-corrected chi connectivity index (χ1v) is 8.48. The van der Waals surface area contributed by atoms with E-state index >= 15 is 0 Å². The Bertz CT molecular complexity index is 866. The first-order chi connectivity index (χ1) is 12.1. The molecule has 2 heterocycles. The van der Waals surface area contributed by atoms with E-state index in [4.69, 9.17) is 0 Å². The van der Waals surface area contributed by atoms with Crippen LogP contribution in [0.5, 0.6) is 0 Å². The van der Waals surface area contributed by atoms with Crippen LogP contribution in [-0.4, -0.2) is 32.0 Å². The van der Waals surface area contributed by atoms with Crippen LogP contribution in [0.1, 0.15) is 24.6 Å². The molecule has 1 N–H and O–H groups in total. The summed E-state index contributed by atoms with van der Waals surface area (Å²) in [5.74, 6) is -0.272. The zero-order chi connectivity index (χ0) is 17.8. The summed E-state index contributed by atoms with van der Waals surface area (Å²) in [6.07, 6.45) is 2.84. The summed E-state index contributed by atoms with van der Waals surface area (Å²) in [4.78, 5) is 12.0. The lowest BCUT2D eigenvalue weighted by molar-refractivity contribution is -0.121. The Kier molecular flexibility index (Phi) is 5.11. The van der Waals surface area contributed by atoms with E-state index in [-0.39, 0.29) is 11.7 Å². The van der Waals surface area contributed by atoms with Gasteiger partial charge in [0.2, 0.25) is 5.91 Å². The van der Waals surface area contributed by atoms with E-state index in [0.717, 1.165) is 28.8 Å². The number of rotatable bonds is 7. The van der Waals surface area contributed by atoms with Gasteiger partial charge in [-0.3, -0.25) is 14.2 Å². The van der Waals surface area contributed by atoms with Crippen LogP contribution in [0.25, 0.3) is 11.0 Å². The van der Waals surface area contributed by atoms with Crippen LogP contribution in [0.3, 0.4) is 0 Å². The number of amides is 1. The van der Waals surface area contributed by atoms with Crippen molar-refractivity contribution in [2.24, 2.45) is 0 Å². The summed E-state index contributed by atoms with van der Waals surface area (Å²) in [5, 5.41) is 11.7. The number of carbonyl (C=O) groups is 1. The maximum absolute atomic E-state index is 12.9. The minimum Gasteiger partial charge on any atom is -0.356 e. The van der Waals surface area contributed by atoms with Gasteiger partial charge in [0.05, 0.1) is 18.4 Å². The number of fused-ring (bicyclic) bond motifs is 1. The molecular formula is C18H22FN5O. The Labute approximate surface area is 145 Å². The standard InChI is InChI=1S/C18H22FN5O/c1-3-23-16-12-21-24(18(16)13(2)22-23)11-9-17(25)20-10-8-14-4-6-15(19)7-5-14/h4-7,12H,3,8-11H2,1-2H3,(H,20,25). The average molecular weight is 343 g/mol. The second kappa shape index (κ2) is 7.46. The second-order valence-corrected chi connectivity index (χ2v) is 5.98. The monoisotopic (exact) mass is 343 g/mol. The Hall–Kier alpha value is -2.70. The van der Waals surface area contributed by atoms with Gasteiger partial charge in [0.1, 0.15) is 16.9 Å². The summed E-state index contributed by atoms with van der Waals surface area (Å²) in [7, 11) is 0. The third-order valence-electron chi connectivity index (χ3n) is 4.21. The van der Waals surface area contributed by atoms with Crippen molar-refractivity contribution in [2.45, 2.75) is 39.8 Å². The highest BCUT2D eigenvalue weighted by atomic mass is 19.1. The van der Waals surface area contributed by atoms with Gasteiger partial charge in [-0.1, -0.05) is 12.1 Å². The number of halogens is 1. The van der Waals surface area contributed by atoms with Crippen molar-refractivity contribution in [1.29, 1.82) is 0 Å². The smallest absolute Gasteiger partial charge is 0.221 e. The third-order valence-corrected chi connectivity index (χ3v) is 4.21. The molecule has 0 radical (unpaired) electrons. The quantitative estimate of drug-likeness (QED) is 0.717. The van der Waals surface area contributed by atoms with E-state index in [2.05, 4.69) is 15.5 Å². The van der Waals surface area contributed by atoms with Crippen LogP contribution in [-0.2, 0) is 24.3 Å². The minimum absolute atomic E-state index is 0.0219. The van der Waals surface area contributed by atoms with Crippen molar-refractivity contribution in [3.8, 4) is 0 Å². The molecule has 3 aromatic rings. The number of hydrogen-bond donors (Lipinski definition) is 1. The average Bonchev–Trinajstić information content (AvgIpc) is 3.16. The lowest BCUT2D eigenvalue weighted by Gasteiger charge is -2.06. The SMILES string of the molecule is CCn1nc(C)c2c1cnn2CCC(=O)NCCc1ccc(F)cc1. The number of nitrogens with zero attached hydrogens (tertiary/aromatic N) is 4. The molecule has 132 valence electrons. The number of hydrogen-bond acceptors (Lipinski definition) is 3. The van der Waals surface area contributed by atoms with Crippen LogP contribution in [0, 0.1) is 12.7 Å². The van der Waals surface area contributed by atoms with Gasteiger partial charge in [0.25, 0.3) is 0 Å². The molecule has 0 spiro atoms. The molecule has 3 rings (SSSR count). The highest BCUT2D eigenvalue weighted by Crippen LogP contribution is 2.17. The van der Waals surface area contributed by atoms with Gasteiger partial charge >= 0.3 is 0 Å². The predicted molar refractivity (Wildman–Crippen MR) is 93.7 cm³/mol. The van der Waals surface area contributed by atoms with Crippen molar-refractivity contribution in [3.63, 3.8) is 0 Å². The van der Waals surface area contributed by atoms with Crippen molar-refractivity contribution >= 4 is 16.9 Å². The van der Waals surface area contributed by atoms with E-state index < -0.39 is 0 Å². The fourth-order valence-electron chi connectivity index (χ4n) is 2.92. The first-order valence-electron chi connectivity index (χ1n) is 8.48. The van der Waals surface area contributed by atoms with E-state index in [0.29, 0.717) is 25.9 Å². The number of aromatic nitrogens is 4. The molecule has 0 atom stereocenters. The van der Waals surface area contributed by atoms with Gasteiger partial charge in [-0.15, -0.1) is 0 Å². The van der Waals surface area contributed by atoms with Crippen molar-refractivity contribution in [3.05, 3.63) is 47.5 Å². The Morgan fingerprint density at radius 3 is 2.72 bits per heavy atom. The zero-order valence-electron chi connectivity index (χ0n) is 14.5. The lowest BCUT2D eigenvalue weighted by Crippen LogP contribution is -2.26. The molecule has 0 aliphatic heterocycles. The van der Waals surface area contributed by atoms with Gasteiger partial charge in [-0.05, 0) is 38.0 Å². The van der Waals surface area contributed by atoms with Gasteiger partial charge < -0.3 is 5.32 Å². The largest absolute Gasteiger partial charge is 0.356 e. The van der Waals surface area contributed by atoms with Crippen LogP contribution < -0.4 is 5.32 Å². The van der Waals surface area contributed by atoms with Crippen LogP contribution in [0.2, 0.25) is 0 Å². The van der Waals surface area contributed by atoms with E-state index in [1.165, 1.54) is 12.1 Å². The van der Waals surface area contributed by atoms with Gasteiger partial charge in [-0.25, -0.2) is 4.39 Å². The number of benzene rings is 1. The van der Waals surface area contributed by atoms with E-state index in [1.54, 1.807) is 18.3 Å². The third kappa shape index (κ3) is 3.87. The predicted octanol–water partition coefficient (Wildman–Crippen LogP) is 2.45. The van der Waals surface area contributed by atoms with Crippen molar-refractivity contribution < 1.29 is 9.18 Å². The normalized spacial score (nSPS) is 11.2. The molecule has 7 heteroatoms. The lowest BCUT2D eigenvalue weighted by atomic mass is 10.1. The van der Waals surface area contributed by atoms with Crippen molar-refractivity contribution in [2.75, 3.05) is 6.54 Å². The van der Waals surface area contributed by atoms with Gasteiger partial charge in [-0.2, -0.15) is 10.2 Å². The Morgan fingerprint density at radius 1 is 1.24 bits per heavy atom. The molecule has 1 amide bonds. The van der Waals surface area contributed by atoms with Crippen LogP contribution in [0.4, 0.5) is 4.39 Å². The van der Waals surface area contributed by atoms with E-state index in [1.807, 2.05) is 23.2 Å². The van der Waals surface area contributed by atoms with Crippen LogP contribution >= 0.6 is 0 Å². The molecule has 0 unspecified atom stereocenters. The zero-order valence-corrected chi connectivity index (χ0v) is 14.5. The molecule has 0 fully saturated rings. The Balaban J connectivity index is 1.51. The number of nitrogens with one attached hydrogen (secondary N) is 1. The maximum atomic E-state index is 12.9. The van der Waals surface area contributed by atoms with Crippen LogP contribution in [0.15, 0.2) is 30.5 Å². The van der Waals surface area contributed by atoms with E-state index in [9.17, 15) is 9.18 Å². The molecule has 1 aromatic carbocycles. The summed E-state index contributed by atoms with van der Waals surface area (Å²) >= 11 is 0. The topological polar surface area (TPSA) is 64.7 Å². The molecule has 2 aromatic heterocycles. The van der Waals surface area contributed by atoms with Crippen molar-refractivity contribution in [1.82, 2.24) is 24.9 Å². The van der Waals surface area contributed by atoms with Gasteiger partial charge in [0.15, 0.2) is 0 Å². The highest BCUT2D eigenvalue weighted by Gasteiger charge is 2.13. The summed E-state index contributed by atoms with van der Waals surface area (Å²) in [5.41, 5.74) is 3.90. The fourth-order valence-corrected chi connectivity index (χ4v) is 2.92. The maximum Gasteiger partial charge on any atom is 0.221 e. The molecule has 0 saturated heterocycles.